The van der Waals surface area contributed by atoms with Crippen molar-refractivity contribution in [1.29, 1.82) is 0 Å². The van der Waals surface area contributed by atoms with Crippen molar-refractivity contribution < 1.29 is 29.9 Å². The van der Waals surface area contributed by atoms with Crippen molar-refractivity contribution in [3.63, 3.8) is 0 Å². The molecule has 1 heterocycles. The third-order valence-corrected chi connectivity index (χ3v) is 7.65. The Labute approximate surface area is 206 Å². The van der Waals surface area contributed by atoms with Crippen LogP contribution in [0.5, 0.6) is 5.75 Å². The number of rotatable bonds is 8. The number of halogens is 1. The van der Waals surface area contributed by atoms with Gasteiger partial charge in [0.05, 0.1) is 12.7 Å². The van der Waals surface area contributed by atoms with Crippen LogP contribution in [0.1, 0.15) is 56.4 Å². The minimum atomic E-state index is -1.42. The Kier molecular flexibility index (Phi) is 7.58. The first-order valence-corrected chi connectivity index (χ1v) is 12.3. The lowest BCUT2D eigenvalue weighted by Crippen LogP contribution is -2.55. The molecule has 4 rings (SSSR count). The molecule has 186 valence electrons. The van der Waals surface area contributed by atoms with E-state index in [9.17, 15) is 20.4 Å². The van der Waals surface area contributed by atoms with E-state index < -0.39 is 37.1 Å². The summed E-state index contributed by atoms with van der Waals surface area (Å²) in [4.78, 5) is 0. The zero-order valence-corrected chi connectivity index (χ0v) is 20.7. The Bertz CT molecular complexity index is 976. The number of hydrogen-bond donors (Lipinski definition) is 4. The number of aliphatic hydroxyl groups is 4. The molecule has 4 N–H and O–H groups in total. The molecule has 1 aliphatic heterocycles. The van der Waals surface area contributed by atoms with Crippen molar-refractivity contribution in [2.45, 2.75) is 76.7 Å². The van der Waals surface area contributed by atoms with Gasteiger partial charge in [0.15, 0.2) is 0 Å². The standard InChI is InChI=1S/C27H35ClO6/c1-15(10-19-13-27(19,2)3)33-20-7-4-16(5-8-20)11-18-12-17(6-9-21(18)28)26-25(32)24(31)23(30)22(14-29)34-26/h4-9,12,15,19,22-26,29-32H,10-11,13-14H2,1-3H3/t15?,19?,22-,23-,24+,25-,26?/m1/s1. The summed E-state index contributed by atoms with van der Waals surface area (Å²) >= 11 is 6.45. The lowest BCUT2D eigenvalue weighted by atomic mass is 9.90. The maximum absolute atomic E-state index is 10.5. The minimum Gasteiger partial charge on any atom is -0.491 e. The topological polar surface area (TPSA) is 99.4 Å². The van der Waals surface area contributed by atoms with Gasteiger partial charge < -0.3 is 29.9 Å². The molecule has 1 saturated carbocycles. The lowest BCUT2D eigenvalue weighted by molar-refractivity contribution is -0.231. The maximum atomic E-state index is 10.5. The molecule has 0 amide bonds. The highest BCUT2D eigenvalue weighted by Crippen LogP contribution is 2.54. The Hall–Kier alpha value is -1.67. The van der Waals surface area contributed by atoms with Crippen LogP contribution in [-0.2, 0) is 11.2 Å². The molecule has 2 aromatic carbocycles. The molecule has 7 atom stereocenters. The van der Waals surface area contributed by atoms with E-state index in [0.29, 0.717) is 22.4 Å². The van der Waals surface area contributed by atoms with E-state index in [1.54, 1.807) is 12.1 Å². The molecule has 0 radical (unpaired) electrons. The molecule has 34 heavy (non-hydrogen) atoms. The van der Waals surface area contributed by atoms with Gasteiger partial charge in [-0.1, -0.05) is 49.7 Å². The summed E-state index contributed by atoms with van der Waals surface area (Å²) < 4.78 is 11.8. The molecule has 3 unspecified atom stereocenters. The second kappa shape index (κ2) is 10.1. The van der Waals surface area contributed by atoms with Crippen molar-refractivity contribution in [2.24, 2.45) is 11.3 Å². The fourth-order valence-electron chi connectivity index (χ4n) is 4.85. The van der Waals surface area contributed by atoms with E-state index in [1.165, 1.54) is 6.42 Å². The molecule has 2 fully saturated rings. The average molecular weight is 491 g/mol. The Morgan fingerprint density at radius 1 is 1.06 bits per heavy atom. The largest absolute Gasteiger partial charge is 0.491 e. The summed E-state index contributed by atoms with van der Waals surface area (Å²) in [5, 5.41) is 40.6. The molecular formula is C27H35ClO6. The first-order chi connectivity index (χ1) is 16.1. The zero-order chi connectivity index (χ0) is 24.6. The average Bonchev–Trinajstić information content (AvgIpc) is 3.40. The van der Waals surface area contributed by atoms with Gasteiger partial charge in [0.25, 0.3) is 0 Å². The molecule has 1 aliphatic carbocycles. The predicted molar refractivity (Wildman–Crippen MR) is 130 cm³/mol. The Morgan fingerprint density at radius 3 is 2.35 bits per heavy atom. The van der Waals surface area contributed by atoms with Crippen LogP contribution in [0, 0.1) is 11.3 Å². The number of benzene rings is 2. The summed E-state index contributed by atoms with van der Waals surface area (Å²) in [5.74, 6) is 1.58. The van der Waals surface area contributed by atoms with Crippen molar-refractivity contribution in [3.8, 4) is 5.75 Å². The van der Waals surface area contributed by atoms with Crippen LogP contribution < -0.4 is 4.74 Å². The SMILES string of the molecule is CC(CC1CC1(C)C)Oc1ccc(Cc2cc(C3O[C@H](CO)[C@@H](O)[C@H](O)[C@H]3O)ccc2Cl)cc1. The van der Waals surface area contributed by atoms with Crippen LogP contribution in [0.15, 0.2) is 42.5 Å². The summed E-state index contributed by atoms with van der Waals surface area (Å²) in [7, 11) is 0. The number of ether oxygens (including phenoxy) is 2. The first-order valence-electron chi connectivity index (χ1n) is 11.9. The molecule has 2 aliphatic rings. The molecule has 1 saturated heterocycles. The zero-order valence-electron chi connectivity index (χ0n) is 19.9. The van der Waals surface area contributed by atoms with E-state index in [4.69, 9.17) is 21.1 Å². The lowest BCUT2D eigenvalue weighted by Gasteiger charge is -2.40. The number of aliphatic hydroxyl groups excluding tert-OH is 4. The van der Waals surface area contributed by atoms with Crippen LogP contribution in [0.2, 0.25) is 5.02 Å². The minimum absolute atomic E-state index is 0.169. The summed E-state index contributed by atoms with van der Waals surface area (Å²) in [5.41, 5.74) is 2.96. The fourth-order valence-corrected chi connectivity index (χ4v) is 5.03. The monoisotopic (exact) mass is 490 g/mol. The molecular weight excluding hydrogens is 456 g/mol. The molecule has 0 bridgehead atoms. The van der Waals surface area contributed by atoms with Gasteiger partial charge in [-0.25, -0.2) is 0 Å². The van der Waals surface area contributed by atoms with Crippen molar-refractivity contribution in [1.82, 2.24) is 0 Å². The third kappa shape index (κ3) is 5.59. The smallest absolute Gasteiger partial charge is 0.119 e. The highest BCUT2D eigenvalue weighted by molar-refractivity contribution is 6.31. The molecule has 0 spiro atoms. The van der Waals surface area contributed by atoms with Gasteiger partial charge in [0.2, 0.25) is 0 Å². The second-order valence-corrected chi connectivity index (χ2v) is 10.9. The van der Waals surface area contributed by atoms with Crippen LogP contribution in [-0.4, -0.2) is 57.6 Å². The molecule has 7 heteroatoms. The second-order valence-electron chi connectivity index (χ2n) is 10.5. The maximum Gasteiger partial charge on any atom is 0.119 e. The van der Waals surface area contributed by atoms with E-state index in [0.717, 1.165) is 29.2 Å². The predicted octanol–water partition coefficient (Wildman–Crippen LogP) is 3.65. The van der Waals surface area contributed by atoms with Gasteiger partial charge in [0, 0.05) is 5.02 Å². The Balaban J connectivity index is 1.42. The molecule has 2 aromatic rings. The quantitative estimate of drug-likeness (QED) is 0.451. The highest BCUT2D eigenvalue weighted by atomic mass is 35.5. The van der Waals surface area contributed by atoms with Crippen molar-refractivity contribution in [3.05, 3.63) is 64.2 Å². The van der Waals surface area contributed by atoms with Crippen LogP contribution in [0.3, 0.4) is 0 Å². The van der Waals surface area contributed by atoms with Gasteiger partial charge >= 0.3 is 0 Å². The van der Waals surface area contributed by atoms with E-state index in [2.05, 4.69) is 20.8 Å². The van der Waals surface area contributed by atoms with Gasteiger partial charge in [0.1, 0.15) is 36.3 Å². The van der Waals surface area contributed by atoms with Gasteiger partial charge in [-0.3, -0.25) is 0 Å². The van der Waals surface area contributed by atoms with Crippen LogP contribution in [0.4, 0.5) is 0 Å². The third-order valence-electron chi connectivity index (χ3n) is 7.28. The van der Waals surface area contributed by atoms with Crippen LogP contribution >= 0.6 is 11.6 Å². The fraction of sp³-hybridized carbons (Fsp3) is 0.556. The van der Waals surface area contributed by atoms with Crippen molar-refractivity contribution in [2.75, 3.05) is 6.61 Å². The van der Waals surface area contributed by atoms with E-state index in [1.807, 2.05) is 30.3 Å². The van der Waals surface area contributed by atoms with Gasteiger partial charge in [-0.2, -0.15) is 0 Å². The summed E-state index contributed by atoms with van der Waals surface area (Å²) in [6, 6.07) is 13.3. The van der Waals surface area contributed by atoms with Gasteiger partial charge in [-0.05, 0) is 72.4 Å². The van der Waals surface area contributed by atoms with Gasteiger partial charge in [-0.15, -0.1) is 0 Å². The normalized spacial score (nSPS) is 31.2. The molecule has 6 nitrogen and oxygen atoms in total. The van der Waals surface area contributed by atoms with E-state index in [-0.39, 0.29) is 6.10 Å². The Morgan fingerprint density at radius 2 is 1.74 bits per heavy atom. The number of hydrogen-bond acceptors (Lipinski definition) is 6. The van der Waals surface area contributed by atoms with Crippen molar-refractivity contribution >= 4 is 11.6 Å². The van der Waals surface area contributed by atoms with E-state index >= 15 is 0 Å². The first kappa shape index (κ1) is 25.4. The highest BCUT2D eigenvalue weighted by Gasteiger charge is 2.46. The van der Waals surface area contributed by atoms with Crippen LogP contribution in [0.25, 0.3) is 0 Å². The summed E-state index contributed by atoms with van der Waals surface area (Å²) in [6.45, 7) is 6.26. The summed E-state index contributed by atoms with van der Waals surface area (Å²) in [6.07, 6.45) is -2.91. The molecule has 0 aromatic heterocycles.